The van der Waals surface area contributed by atoms with Crippen LogP contribution < -0.4 is 0 Å². The summed E-state index contributed by atoms with van der Waals surface area (Å²) in [4.78, 5) is 10.6. The van der Waals surface area contributed by atoms with Crippen molar-refractivity contribution in [3.05, 3.63) is 11.5 Å². The van der Waals surface area contributed by atoms with Crippen LogP contribution in [0.4, 0.5) is 0 Å². The van der Waals surface area contributed by atoms with Crippen molar-refractivity contribution in [2.24, 2.45) is 5.41 Å². The van der Waals surface area contributed by atoms with Crippen LogP contribution in [0.25, 0.3) is 0 Å². The van der Waals surface area contributed by atoms with Crippen LogP contribution in [0.2, 0.25) is 0 Å². The Balaban J connectivity index is 2.75. The maximum Gasteiger partial charge on any atom is 0.317 e. The second-order valence-corrected chi connectivity index (χ2v) is 3.99. The average Bonchev–Trinajstić information content (AvgIpc) is 2.08. The first kappa shape index (κ1) is 7.66. The largest absolute Gasteiger partial charge is 0.480 e. The van der Waals surface area contributed by atoms with E-state index in [1.54, 1.807) is 0 Å². The first-order valence-electron chi connectivity index (χ1n) is 3.10. The molecular formula is C7H10O2S. The third kappa shape index (κ3) is 1.19. The molecule has 3 heteroatoms. The highest BCUT2D eigenvalue weighted by Crippen LogP contribution is 2.39. The molecule has 0 saturated carbocycles. The second kappa shape index (κ2) is 2.31. The average molecular weight is 158 g/mol. The van der Waals surface area contributed by atoms with E-state index in [1.807, 2.05) is 25.3 Å². The molecule has 0 radical (unpaired) electrons. The van der Waals surface area contributed by atoms with Gasteiger partial charge in [0.25, 0.3) is 0 Å². The highest BCUT2D eigenvalue weighted by Gasteiger charge is 2.36. The lowest BCUT2D eigenvalue weighted by molar-refractivity contribution is -0.137. The molecule has 1 aliphatic rings. The number of allylic oxidation sites excluding steroid dienone is 1. The van der Waals surface area contributed by atoms with Crippen LogP contribution in [0, 0.1) is 5.41 Å². The molecule has 10 heavy (non-hydrogen) atoms. The zero-order valence-corrected chi connectivity index (χ0v) is 6.81. The van der Waals surface area contributed by atoms with E-state index in [1.165, 1.54) is 11.8 Å². The van der Waals surface area contributed by atoms with E-state index in [9.17, 15) is 4.79 Å². The summed E-state index contributed by atoms with van der Waals surface area (Å²) >= 11 is 1.38. The quantitative estimate of drug-likeness (QED) is 0.631. The molecule has 0 bridgehead atoms. The van der Waals surface area contributed by atoms with Crippen LogP contribution in [-0.4, -0.2) is 16.3 Å². The lowest BCUT2D eigenvalue weighted by Crippen LogP contribution is -2.28. The van der Waals surface area contributed by atoms with Gasteiger partial charge in [-0.05, 0) is 5.41 Å². The number of rotatable bonds is 1. The molecule has 0 spiro atoms. The number of carboxylic acid groups (broad SMARTS) is 1. The molecule has 1 aliphatic heterocycles. The van der Waals surface area contributed by atoms with Crippen molar-refractivity contribution in [2.45, 2.75) is 19.1 Å². The van der Waals surface area contributed by atoms with Crippen molar-refractivity contribution in [3.8, 4) is 0 Å². The normalized spacial score (nSPS) is 28.8. The Labute approximate surface area is 64.3 Å². The molecule has 0 amide bonds. The van der Waals surface area contributed by atoms with Gasteiger partial charge in [0.2, 0.25) is 0 Å². The highest BCUT2D eigenvalue weighted by molar-refractivity contribution is 8.03. The molecule has 0 saturated heterocycles. The number of hydrogen-bond acceptors (Lipinski definition) is 2. The van der Waals surface area contributed by atoms with E-state index >= 15 is 0 Å². The maximum absolute atomic E-state index is 10.6. The third-order valence-corrected chi connectivity index (χ3v) is 2.99. The molecule has 56 valence electrons. The van der Waals surface area contributed by atoms with Crippen molar-refractivity contribution in [2.75, 3.05) is 0 Å². The van der Waals surface area contributed by atoms with Crippen molar-refractivity contribution in [3.63, 3.8) is 0 Å². The molecule has 0 aromatic rings. The Kier molecular flexibility index (Phi) is 1.77. The highest BCUT2D eigenvalue weighted by atomic mass is 32.2. The minimum Gasteiger partial charge on any atom is -0.480 e. The summed E-state index contributed by atoms with van der Waals surface area (Å²) in [6.45, 7) is 3.87. The van der Waals surface area contributed by atoms with Crippen LogP contribution in [0.15, 0.2) is 11.5 Å². The van der Waals surface area contributed by atoms with E-state index in [-0.39, 0.29) is 10.7 Å². The van der Waals surface area contributed by atoms with Gasteiger partial charge in [0.05, 0.1) is 0 Å². The molecule has 0 aliphatic carbocycles. The molecule has 1 N–H and O–H groups in total. The van der Waals surface area contributed by atoms with Gasteiger partial charge in [0, 0.05) is 5.41 Å². The first-order chi connectivity index (χ1) is 4.54. The Hall–Kier alpha value is -0.440. The second-order valence-electron chi connectivity index (χ2n) is 2.98. The molecule has 1 atom stereocenters. The van der Waals surface area contributed by atoms with Gasteiger partial charge in [-0.25, -0.2) is 0 Å². The number of aliphatic carboxylic acids is 1. The van der Waals surface area contributed by atoms with Crippen LogP contribution >= 0.6 is 11.8 Å². The van der Waals surface area contributed by atoms with Crippen LogP contribution in [0.5, 0.6) is 0 Å². The van der Waals surface area contributed by atoms with Gasteiger partial charge in [-0.15, -0.1) is 11.8 Å². The van der Waals surface area contributed by atoms with Gasteiger partial charge in [0.1, 0.15) is 5.25 Å². The van der Waals surface area contributed by atoms with Crippen molar-refractivity contribution in [1.29, 1.82) is 0 Å². The minimum absolute atomic E-state index is 0.184. The summed E-state index contributed by atoms with van der Waals surface area (Å²) in [5.74, 6) is -0.722. The molecular weight excluding hydrogens is 148 g/mol. The summed E-state index contributed by atoms with van der Waals surface area (Å²) in [5.41, 5.74) is -0.184. The summed E-state index contributed by atoms with van der Waals surface area (Å²) in [6, 6.07) is 0. The van der Waals surface area contributed by atoms with E-state index in [4.69, 9.17) is 5.11 Å². The van der Waals surface area contributed by atoms with Gasteiger partial charge in [0.15, 0.2) is 0 Å². The summed E-state index contributed by atoms with van der Waals surface area (Å²) in [7, 11) is 0. The van der Waals surface area contributed by atoms with E-state index < -0.39 is 5.97 Å². The molecule has 0 aromatic heterocycles. The van der Waals surface area contributed by atoms with Gasteiger partial charge in [-0.1, -0.05) is 19.9 Å². The van der Waals surface area contributed by atoms with E-state index in [0.29, 0.717) is 0 Å². The van der Waals surface area contributed by atoms with Crippen molar-refractivity contribution >= 4 is 17.7 Å². The van der Waals surface area contributed by atoms with Gasteiger partial charge >= 0.3 is 5.97 Å². The van der Waals surface area contributed by atoms with Crippen molar-refractivity contribution < 1.29 is 9.90 Å². The van der Waals surface area contributed by atoms with Gasteiger partial charge in [-0.2, -0.15) is 0 Å². The Morgan fingerprint density at radius 1 is 1.70 bits per heavy atom. The SMILES string of the molecule is CC1(C)C=CSC1C(=O)O. The van der Waals surface area contributed by atoms with E-state index in [2.05, 4.69) is 0 Å². The van der Waals surface area contributed by atoms with Crippen LogP contribution in [0.3, 0.4) is 0 Å². The molecule has 1 unspecified atom stereocenters. The fourth-order valence-electron chi connectivity index (χ4n) is 0.932. The van der Waals surface area contributed by atoms with Crippen molar-refractivity contribution in [1.82, 2.24) is 0 Å². The molecule has 1 heterocycles. The topological polar surface area (TPSA) is 37.3 Å². The summed E-state index contributed by atoms with van der Waals surface area (Å²) < 4.78 is 0. The smallest absolute Gasteiger partial charge is 0.317 e. The molecule has 0 aromatic carbocycles. The first-order valence-corrected chi connectivity index (χ1v) is 4.04. The molecule has 2 nitrogen and oxygen atoms in total. The fourth-order valence-corrected chi connectivity index (χ4v) is 2.06. The molecule has 1 rings (SSSR count). The standard InChI is InChI=1S/C7H10O2S/c1-7(2)3-4-10-5(7)6(8)9/h3-5H,1-2H3,(H,8,9). The maximum atomic E-state index is 10.6. The van der Waals surface area contributed by atoms with E-state index in [0.717, 1.165) is 0 Å². The summed E-state index contributed by atoms with van der Waals surface area (Å²) in [5, 5.41) is 10.2. The van der Waals surface area contributed by atoms with Gasteiger partial charge < -0.3 is 5.11 Å². The lowest BCUT2D eigenvalue weighted by Gasteiger charge is -2.20. The minimum atomic E-state index is -0.722. The number of hydrogen-bond donors (Lipinski definition) is 1. The van der Waals surface area contributed by atoms with Crippen LogP contribution in [-0.2, 0) is 4.79 Å². The zero-order valence-electron chi connectivity index (χ0n) is 6.00. The fraction of sp³-hybridized carbons (Fsp3) is 0.571. The number of carbonyl (C=O) groups is 1. The lowest BCUT2D eigenvalue weighted by atomic mass is 9.89. The molecule has 0 fully saturated rings. The summed E-state index contributed by atoms with van der Waals surface area (Å²) in [6.07, 6.45) is 1.94. The van der Waals surface area contributed by atoms with Gasteiger partial charge in [-0.3, -0.25) is 4.79 Å². The van der Waals surface area contributed by atoms with Crippen LogP contribution in [0.1, 0.15) is 13.8 Å². The predicted molar refractivity (Wildman–Crippen MR) is 41.9 cm³/mol. The number of carboxylic acids is 1. The third-order valence-electron chi connectivity index (χ3n) is 1.61. The Morgan fingerprint density at radius 2 is 2.30 bits per heavy atom. The number of thioether (sulfide) groups is 1. The monoisotopic (exact) mass is 158 g/mol. The predicted octanol–water partition coefficient (Wildman–Crippen LogP) is 1.73. The zero-order chi connectivity index (χ0) is 7.78. The Morgan fingerprint density at radius 3 is 2.50 bits per heavy atom. The Bertz CT molecular complexity index is 184.